The molecule has 0 spiro atoms. The fourth-order valence-electron chi connectivity index (χ4n) is 4.50. The van der Waals surface area contributed by atoms with Crippen molar-refractivity contribution in [3.63, 3.8) is 0 Å². The molecule has 5 nitrogen and oxygen atoms in total. The van der Waals surface area contributed by atoms with Crippen LogP contribution in [0.4, 0.5) is 5.69 Å². The lowest BCUT2D eigenvalue weighted by molar-refractivity contribution is -0.146. The van der Waals surface area contributed by atoms with Gasteiger partial charge in [0.2, 0.25) is 11.8 Å². The van der Waals surface area contributed by atoms with Crippen LogP contribution in [-0.2, 0) is 9.59 Å². The molecule has 2 atom stereocenters. The summed E-state index contributed by atoms with van der Waals surface area (Å²) in [6, 6.07) is 13.7. The average molecular weight is 503 g/mol. The van der Waals surface area contributed by atoms with Gasteiger partial charge in [-0.25, -0.2) is 9.69 Å². The molecule has 2 amide bonds. The zero-order valence-corrected chi connectivity index (χ0v) is 18.7. The molecule has 29 heavy (non-hydrogen) atoms. The molecule has 1 aliphatic heterocycles. The Labute approximate surface area is 183 Å². The van der Waals surface area contributed by atoms with Crippen molar-refractivity contribution in [2.45, 2.75) is 33.6 Å². The van der Waals surface area contributed by atoms with E-state index in [0.717, 1.165) is 3.57 Å². The molecule has 1 heterocycles. The van der Waals surface area contributed by atoms with Gasteiger partial charge < -0.3 is 4.74 Å². The molecule has 0 radical (unpaired) electrons. The molecule has 2 fully saturated rings. The quantitative estimate of drug-likeness (QED) is 0.261. The number of carbonyl (C=O) groups is 3. The van der Waals surface area contributed by atoms with Gasteiger partial charge in [0.05, 0.1) is 16.7 Å². The van der Waals surface area contributed by atoms with Crippen LogP contribution in [-0.4, -0.2) is 17.8 Å². The molecule has 2 aromatic carbocycles. The number of imide groups is 1. The number of halogens is 1. The second kappa shape index (κ2) is 6.93. The van der Waals surface area contributed by atoms with Crippen LogP contribution in [0.15, 0.2) is 48.5 Å². The van der Waals surface area contributed by atoms with Crippen molar-refractivity contribution >= 4 is 46.1 Å². The predicted octanol–water partition coefficient (Wildman–Crippen LogP) is 4.83. The molecule has 0 aromatic heterocycles. The van der Waals surface area contributed by atoms with E-state index in [1.165, 1.54) is 4.90 Å². The number of benzene rings is 2. The van der Waals surface area contributed by atoms with Gasteiger partial charge >= 0.3 is 5.97 Å². The van der Waals surface area contributed by atoms with Gasteiger partial charge in [-0.2, -0.15) is 0 Å². The summed E-state index contributed by atoms with van der Waals surface area (Å²) in [7, 11) is 0. The van der Waals surface area contributed by atoms with Crippen molar-refractivity contribution in [2.75, 3.05) is 4.90 Å². The van der Waals surface area contributed by atoms with E-state index in [4.69, 9.17) is 4.74 Å². The lowest BCUT2D eigenvalue weighted by Gasteiger charge is -2.47. The smallest absolute Gasteiger partial charge is 0.343 e. The van der Waals surface area contributed by atoms with Crippen molar-refractivity contribution in [1.29, 1.82) is 0 Å². The summed E-state index contributed by atoms with van der Waals surface area (Å²) in [6.45, 7) is 5.96. The van der Waals surface area contributed by atoms with Crippen LogP contribution in [0.1, 0.15) is 44.0 Å². The number of hydrogen-bond acceptors (Lipinski definition) is 4. The van der Waals surface area contributed by atoms with Crippen LogP contribution < -0.4 is 9.64 Å². The summed E-state index contributed by atoms with van der Waals surface area (Å²) in [5.74, 6) is -0.659. The van der Waals surface area contributed by atoms with Crippen molar-refractivity contribution < 1.29 is 19.1 Å². The summed E-state index contributed by atoms with van der Waals surface area (Å²) < 4.78 is 6.47. The fourth-order valence-corrected chi connectivity index (χ4v) is 4.86. The molecule has 2 aliphatic rings. The van der Waals surface area contributed by atoms with Crippen molar-refractivity contribution in [2.24, 2.45) is 16.7 Å². The molecular formula is C23H22INO4. The van der Waals surface area contributed by atoms with Gasteiger partial charge in [0.15, 0.2) is 0 Å². The summed E-state index contributed by atoms with van der Waals surface area (Å²) in [5.41, 5.74) is -0.253. The van der Waals surface area contributed by atoms with E-state index in [9.17, 15) is 14.4 Å². The third-order valence-electron chi connectivity index (χ3n) is 6.78. The molecule has 1 saturated carbocycles. The minimum absolute atomic E-state index is 0.182. The van der Waals surface area contributed by atoms with Crippen molar-refractivity contribution in [3.05, 3.63) is 57.7 Å². The Hall–Kier alpha value is -2.22. The van der Waals surface area contributed by atoms with Crippen LogP contribution >= 0.6 is 22.6 Å². The number of esters is 1. The number of fused-ring (bicyclic) bond motifs is 2. The molecule has 0 unspecified atom stereocenters. The van der Waals surface area contributed by atoms with Gasteiger partial charge in [-0.05, 0) is 83.3 Å². The van der Waals surface area contributed by atoms with Crippen molar-refractivity contribution in [3.8, 4) is 5.75 Å². The topological polar surface area (TPSA) is 63.7 Å². The van der Waals surface area contributed by atoms with E-state index < -0.39 is 11.4 Å². The standard InChI is InChI=1S/C23H22INO4/c1-22(2)18-11-12-23(22,3)21(28)25(19(18)26)16-6-4-5-14(13-16)20(27)29-17-9-7-15(24)8-10-17/h4-10,13,18H,11-12H2,1-3H3/t18-,23+/m0/s1. The van der Waals surface area contributed by atoms with Crippen LogP contribution in [0.25, 0.3) is 0 Å². The molecule has 4 rings (SSSR count). The highest BCUT2D eigenvalue weighted by Gasteiger charge is 2.64. The third-order valence-corrected chi connectivity index (χ3v) is 7.50. The number of piperidine rings is 1. The Kier molecular flexibility index (Phi) is 4.80. The highest BCUT2D eigenvalue weighted by Crippen LogP contribution is 2.60. The molecule has 2 aromatic rings. The number of anilines is 1. The molecular weight excluding hydrogens is 481 g/mol. The Balaban J connectivity index is 1.64. The number of rotatable bonds is 3. The Morgan fingerprint density at radius 3 is 2.48 bits per heavy atom. The lowest BCUT2D eigenvalue weighted by atomic mass is 9.62. The van der Waals surface area contributed by atoms with Crippen LogP contribution in [0.5, 0.6) is 5.75 Å². The van der Waals surface area contributed by atoms with Crippen LogP contribution in [0.2, 0.25) is 0 Å². The van der Waals surface area contributed by atoms with Crippen LogP contribution in [0.3, 0.4) is 0 Å². The third kappa shape index (κ3) is 3.08. The van der Waals surface area contributed by atoms with E-state index in [-0.39, 0.29) is 23.1 Å². The van der Waals surface area contributed by atoms with Gasteiger partial charge in [0.1, 0.15) is 5.75 Å². The average Bonchev–Trinajstić information content (AvgIpc) is 2.87. The largest absolute Gasteiger partial charge is 0.423 e. The first kappa shape index (κ1) is 20.1. The number of hydrogen-bond donors (Lipinski definition) is 0. The molecule has 1 aliphatic carbocycles. The molecule has 150 valence electrons. The van der Waals surface area contributed by atoms with E-state index in [1.807, 2.05) is 32.9 Å². The summed E-state index contributed by atoms with van der Waals surface area (Å²) in [5, 5.41) is 0. The second-order valence-corrected chi connectivity index (χ2v) is 9.76. The Bertz CT molecular complexity index is 1010. The highest BCUT2D eigenvalue weighted by molar-refractivity contribution is 14.1. The minimum Gasteiger partial charge on any atom is -0.423 e. The maximum atomic E-state index is 13.3. The highest BCUT2D eigenvalue weighted by atomic mass is 127. The summed E-state index contributed by atoms with van der Waals surface area (Å²) >= 11 is 2.18. The van der Waals surface area contributed by atoms with E-state index >= 15 is 0 Å². The first-order chi connectivity index (χ1) is 13.6. The second-order valence-electron chi connectivity index (χ2n) is 8.52. The number of ether oxygens (including phenoxy) is 1. The zero-order chi connectivity index (χ0) is 21.0. The first-order valence-corrected chi connectivity index (χ1v) is 10.7. The zero-order valence-electron chi connectivity index (χ0n) is 16.6. The van der Waals surface area contributed by atoms with Gasteiger partial charge in [-0.1, -0.05) is 26.8 Å². The Morgan fingerprint density at radius 2 is 1.79 bits per heavy atom. The van der Waals surface area contributed by atoms with Gasteiger partial charge in [0.25, 0.3) is 0 Å². The van der Waals surface area contributed by atoms with E-state index in [2.05, 4.69) is 22.6 Å². The van der Waals surface area contributed by atoms with E-state index in [0.29, 0.717) is 29.8 Å². The molecule has 1 saturated heterocycles. The molecule has 2 bridgehead atoms. The number of carbonyl (C=O) groups excluding carboxylic acids is 3. The number of amides is 2. The maximum Gasteiger partial charge on any atom is 0.343 e. The summed E-state index contributed by atoms with van der Waals surface area (Å²) in [6.07, 6.45) is 1.40. The fraction of sp³-hybridized carbons (Fsp3) is 0.348. The normalized spacial score (nSPS) is 25.2. The number of nitrogens with zero attached hydrogens (tertiary/aromatic N) is 1. The van der Waals surface area contributed by atoms with Gasteiger partial charge in [0, 0.05) is 9.49 Å². The monoisotopic (exact) mass is 503 g/mol. The Morgan fingerprint density at radius 1 is 1.10 bits per heavy atom. The van der Waals surface area contributed by atoms with Gasteiger partial charge in [-0.15, -0.1) is 0 Å². The van der Waals surface area contributed by atoms with Crippen LogP contribution in [0, 0.1) is 20.3 Å². The lowest BCUT2D eigenvalue weighted by Crippen LogP contribution is -2.59. The van der Waals surface area contributed by atoms with Crippen molar-refractivity contribution in [1.82, 2.24) is 0 Å². The van der Waals surface area contributed by atoms with Gasteiger partial charge in [-0.3, -0.25) is 9.59 Å². The van der Waals surface area contributed by atoms with E-state index in [1.54, 1.807) is 36.4 Å². The first-order valence-electron chi connectivity index (χ1n) is 9.61. The molecule has 6 heteroatoms. The predicted molar refractivity (Wildman–Crippen MR) is 118 cm³/mol. The minimum atomic E-state index is -0.594. The summed E-state index contributed by atoms with van der Waals surface area (Å²) in [4.78, 5) is 40.3. The maximum absolute atomic E-state index is 13.3. The SMILES string of the molecule is CC1(C)[C@H]2CC[C@]1(C)C(=O)N(c1cccc(C(=O)Oc3ccc(I)cc3)c1)C2=O. The molecule has 0 N–H and O–H groups in total.